The van der Waals surface area contributed by atoms with E-state index in [-0.39, 0.29) is 0 Å². The van der Waals surface area contributed by atoms with E-state index < -0.39 is 0 Å². The normalized spacial score (nSPS) is 21.8. The SMILES string of the molecule is C=C1C=C2C=CC2=C1. The average Bonchev–Trinajstić information content (AvgIpc) is 1.91. The lowest BCUT2D eigenvalue weighted by molar-refractivity contribution is 1.50. The van der Waals surface area contributed by atoms with Crippen molar-refractivity contribution in [1.29, 1.82) is 0 Å². The predicted octanol–water partition coefficient (Wildman–Crippen LogP) is 1.98. The standard InChI is InChI=1S/C8H6/c1-6-4-7-2-3-8(7)5-6/h2-5H,1H2. The van der Waals surface area contributed by atoms with Gasteiger partial charge >= 0.3 is 0 Å². The number of rotatable bonds is 0. The van der Waals surface area contributed by atoms with Crippen LogP contribution in [0.1, 0.15) is 0 Å². The van der Waals surface area contributed by atoms with Crippen LogP contribution in [0, 0.1) is 0 Å². The number of allylic oxidation sites excluding steroid dienone is 7. The molecule has 0 aliphatic heterocycles. The van der Waals surface area contributed by atoms with Crippen LogP contribution in [-0.2, 0) is 0 Å². The van der Waals surface area contributed by atoms with Crippen LogP contribution in [0.3, 0.4) is 0 Å². The summed E-state index contributed by atoms with van der Waals surface area (Å²) in [6.45, 7) is 3.80. The monoisotopic (exact) mass is 102 g/mol. The fourth-order valence-electron chi connectivity index (χ4n) is 0.980. The molecule has 0 amide bonds. The van der Waals surface area contributed by atoms with Crippen molar-refractivity contribution < 1.29 is 0 Å². The minimum absolute atomic E-state index is 1.13. The van der Waals surface area contributed by atoms with E-state index in [1.807, 2.05) is 0 Å². The Morgan fingerprint density at radius 2 is 1.50 bits per heavy atom. The van der Waals surface area contributed by atoms with Gasteiger partial charge in [0.25, 0.3) is 0 Å². The van der Waals surface area contributed by atoms with Crippen LogP contribution in [0.2, 0.25) is 0 Å². The van der Waals surface area contributed by atoms with Gasteiger partial charge in [-0.15, -0.1) is 0 Å². The molecule has 0 saturated heterocycles. The maximum absolute atomic E-state index is 3.80. The molecule has 0 radical (unpaired) electrons. The lowest BCUT2D eigenvalue weighted by Gasteiger charge is -2.04. The highest BCUT2D eigenvalue weighted by Gasteiger charge is 2.12. The molecule has 0 nitrogen and oxygen atoms in total. The zero-order chi connectivity index (χ0) is 5.56. The number of hydrogen-bond donors (Lipinski definition) is 0. The molecule has 0 saturated carbocycles. The zero-order valence-corrected chi connectivity index (χ0v) is 4.52. The van der Waals surface area contributed by atoms with Crippen LogP contribution in [0.4, 0.5) is 0 Å². The van der Waals surface area contributed by atoms with Crippen molar-refractivity contribution in [1.82, 2.24) is 0 Å². The van der Waals surface area contributed by atoms with Crippen molar-refractivity contribution in [3.63, 3.8) is 0 Å². The molecular weight excluding hydrogens is 96.1 g/mol. The van der Waals surface area contributed by atoms with Crippen LogP contribution < -0.4 is 0 Å². The van der Waals surface area contributed by atoms with E-state index >= 15 is 0 Å². The van der Waals surface area contributed by atoms with Gasteiger partial charge in [-0.1, -0.05) is 18.7 Å². The molecule has 0 heterocycles. The second-order valence-corrected chi connectivity index (χ2v) is 2.11. The highest BCUT2D eigenvalue weighted by Crippen LogP contribution is 2.31. The van der Waals surface area contributed by atoms with Gasteiger partial charge in [0, 0.05) is 0 Å². The molecule has 0 atom stereocenters. The molecule has 0 aromatic rings. The molecule has 0 heteroatoms. The van der Waals surface area contributed by atoms with Crippen LogP contribution in [-0.4, -0.2) is 0 Å². The zero-order valence-electron chi connectivity index (χ0n) is 4.52. The Bertz CT molecular complexity index is 213. The third-order valence-electron chi connectivity index (χ3n) is 1.46. The number of fused-ring (bicyclic) bond motifs is 1. The Hall–Kier alpha value is -1.04. The topological polar surface area (TPSA) is 0 Å². The molecular formula is C8H6. The Balaban J connectivity index is 2.63. The first-order chi connectivity index (χ1) is 3.86. The fourth-order valence-corrected chi connectivity index (χ4v) is 0.980. The molecule has 0 bridgehead atoms. The Kier molecular flexibility index (Phi) is 0.500. The van der Waals surface area contributed by atoms with Crippen LogP contribution >= 0.6 is 0 Å². The highest BCUT2D eigenvalue weighted by atomic mass is 14.2. The average molecular weight is 102 g/mol. The summed E-state index contributed by atoms with van der Waals surface area (Å²) in [6.07, 6.45) is 8.39. The molecule has 2 aliphatic rings. The predicted molar refractivity (Wildman–Crippen MR) is 34.4 cm³/mol. The third kappa shape index (κ3) is 0.305. The smallest absolute Gasteiger partial charge is 0.0178 e. The Labute approximate surface area is 48.5 Å². The highest BCUT2D eigenvalue weighted by molar-refractivity contribution is 5.66. The first kappa shape index (κ1) is 3.90. The van der Waals surface area contributed by atoms with E-state index in [1.54, 1.807) is 0 Å². The van der Waals surface area contributed by atoms with E-state index in [1.165, 1.54) is 11.1 Å². The molecule has 8 heavy (non-hydrogen) atoms. The molecule has 2 rings (SSSR count). The minimum atomic E-state index is 1.13. The molecule has 38 valence electrons. The lowest BCUT2D eigenvalue weighted by atomic mass is 10.00. The van der Waals surface area contributed by atoms with E-state index in [0.29, 0.717) is 0 Å². The first-order valence-corrected chi connectivity index (χ1v) is 2.67. The summed E-state index contributed by atoms with van der Waals surface area (Å²) in [4.78, 5) is 0. The lowest BCUT2D eigenvalue weighted by Crippen LogP contribution is -1.86. The fraction of sp³-hybridized carbons (Fsp3) is 0. The van der Waals surface area contributed by atoms with Gasteiger partial charge in [0.05, 0.1) is 0 Å². The summed E-state index contributed by atoms with van der Waals surface area (Å²) in [7, 11) is 0. The summed E-state index contributed by atoms with van der Waals surface area (Å²) in [5.74, 6) is 0. The summed E-state index contributed by atoms with van der Waals surface area (Å²) in [5.41, 5.74) is 3.81. The van der Waals surface area contributed by atoms with Gasteiger partial charge in [-0.2, -0.15) is 0 Å². The van der Waals surface area contributed by atoms with Crippen molar-refractivity contribution in [3.8, 4) is 0 Å². The Morgan fingerprint density at radius 1 is 1.00 bits per heavy atom. The largest absolute Gasteiger partial charge is 0.0917 e. The summed E-state index contributed by atoms with van der Waals surface area (Å²) >= 11 is 0. The number of hydrogen-bond acceptors (Lipinski definition) is 0. The van der Waals surface area contributed by atoms with Gasteiger partial charge < -0.3 is 0 Å². The minimum Gasteiger partial charge on any atom is -0.0917 e. The molecule has 0 N–H and O–H groups in total. The molecule has 0 aromatic carbocycles. The van der Waals surface area contributed by atoms with Gasteiger partial charge in [0.2, 0.25) is 0 Å². The van der Waals surface area contributed by atoms with Crippen molar-refractivity contribution in [3.05, 3.63) is 47.6 Å². The quantitative estimate of drug-likeness (QED) is 0.438. The third-order valence-corrected chi connectivity index (χ3v) is 1.46. The molecule has 0 aromatic heterocycles. The first-order valence-electron chi connectivity index (χ1n) is 2.67. The second-order valence-electron chi connectivity index (χ2n) is 2.11. The Morgan fingerprint density at radius 3 is 1.75 bits per heavy atom. The van der Waals surface area contributed by atoms with Crippen molar-refractivity contribution in [2.75, 3.05) is 0 Å². The molecule has 0 spiro atoms. The second kappa shape index (κ2) is 1.03. The van der Waals surface area contributed by atoms with Gasteiger partial charge in [-0.3, -0.25) is 0 Å². The van der Waals surface area contributed by atoms with Crippen molar-refractivity contribution in [2.45, 2.75) is 0 Å². The molecule has 0 fully saturated rings. The maximum atomic E-state index is 3.80. The summed E-state index contributed by atoms with van der Waals surface area (Å²) in [5, 5.41) is 0. The van der Waals surface area contributed by atoms with Gasteiger partial charge in [-0.05, 0) is 28.9 Å². The van der Waals surface area contributed by atoms with E-state index in [9.17, 15) is 0 Å². The van der Waals surface area contributed by atoms with Crippen LogP contribution in [0.5, 0.6) is 0 Å². The maximum Gasteiger partial charge on any atom is -0.0178 e. The van der Waals surface area contributed by atoms with Gasteiger partial charge in [-0.25, -0.2) is 0 Å². The molecule has 2 aliphatic carbocycles. The summed E-state index contributed by atoms with van der Waals surface area (Å²) in [6, 6.07) is 0. The van der Waals surface area contributed by atoms with Gasteiger partial charge in [0.15, 0.2) is 0 Å². The van der Waals surface area contributed by atoms with E-state index in [4.69, 9.17) is 0 Å². The van der Waals surface area contributed by atoms with Gasteiger partial charge in [0.1, 0.15) is 0 Å². The van der Waals surface area contributed by atoms with Crippen LogP contribution in [0.25, 0.3) is 0 Å². The van der Waals surface area contributed by atoms with E-state index in [0.717, 1.165) is 5.57 Å². The van der Waals surface area contributed by atoms with E-state index in [2.05, 4.69) is 30.9 Å². The van der Waals surface area contributed by atoms with Crippen molar-refractivity contribution in [2.24, 2.45) is 0 Å². The summed E-state index contributed by atoms with van der Waals surface area (Å²) < 4.78 is 0. The van der Waals surface area contributed by atoms with Crippen molar-refractivity contribution >= 4 is 0 Å². The van der Waals surface area contributed by atoms with Crippen LogP contribution in [0.15, 0.2) is 47.6 Å². The molecule has 0 unspecified atom stereocenters.